The van der Waals surface area contributed by atoms with Crippen molar-refractivity contribution in [1.82, 2.24) is 14.9 Å². The lowest BCUT2D eigenvalue weighted by atomic mass is 10.1. The lowest BCUT2D eigenvalue weighted by Gasteiger charge is -2.26. The average Bonchev–Trinajstić information content (AvgIpc) is 3.21. The fourth-order valence-electron chi connectivity index (χ4n) is 3.26. The van der Waals surface area contributed by atoms with Gasteiger partial charge in [0.05, 0.1) is 15.9 Å². The molecule has 0 bridgehead atoms. The van der Waals surface area contributed by atoms with Crippen LogP contribution >= 0.6 is 11.3 Å². The number of nitrogens with two attached hydrogens (primary N) is 1. The van der Waals surface area contributed by atoms with E-state index in [1.807, 2.05) is 0 Å². The van der Waals surface area contributed by atoms with Gasteiger partial charge in [-0.2, -0.15) is 0 Å². The molecule has 1 saturated heterocycles. The number of piperidine rings is 1. The topological polar surface area (TPSA) is 57.9 Å². The zero-order valence-electron chi connectivity index (χ0n) is 13.2. The van der Waals surface area contributed by atoms with Gasteiger partial charge in [-0.15, -0.1) is 11.3 Å². The summed E-state index contributed by atoms with van der Waals surface area (Å²) in [4.78, 5) is 13.1. The van der Waals surface area contributed by atoms with E-state index in [2.05, 4.69) is 40.2 Å². The van der Waals surface area contributed by atoms with E-state index in [0.29, 0.717) is 6.54 Å². The Bertz CT molecular complexity index is 798. The Morgan fingerprint density at radius 2 is 2.00 bits per heavy atom. The van der Waals surface area contributed by atoms with Crippen molar-refractivity contribution >= 4 is 22.4 Å². The van der Waals surface area contributed by atoms with Gasteiger partial charge in [0.25, 0.3) is 0 Å². The highest BCUT2D eigenvalue weighted by molar-refractivity contribution is 7.15. The van der Waals surface area contributed by atoms with Crippen molar-refractivity contribution in [2.45, 2.75) is 32.4 Å². The quantitative estimate of drug-likeness (QED) is 0.768. The molecular formula is C18H22N4S. The molecular weight excluding hydrogens is 304 g/mol. The number of hydrogen-bond acceptors (Lipinski definition) is 4. The van der Waals surface area contributed by atoms with Gasteiger partial charge in [0.2, 0.25) is 0 Å². The molecule has 0 amide bonds. The van der Waals surface area contributed by atoms with E-state index in [0.717, 1.165) is 28.3 Å². The second-order valence-electron chi connectivity index (χ2n) is 6.24. The van der Waals surface area contributed by atoms with Crippen LogP contribution in [0.5, 0.6) is 0 Å². The molecule has 3 heterocycles. The van der Waals surface area contributed by atoms with Crippen molar-refractivity contribution < 1.29 is 0 Å². The molecule has 1 aliphatic rings. The molecule has 3 aromatic rings. The number of aromatic amines is 1. The van der Waals surface area contributed by atoms with Crippen LogP contribution in [0.3, 0.4) is 0 Å². The first kappa shape index (κ1) is 14.9. The number of likely N-dealkylation sites (tertiary alicyclic amines) is 1. The minimum absolute atomic E-state index is 0.588. The average molecular weight is 326 g/mol. The van der Waals surface area contributed by atoms with Gasteiger partial charge < -0.3 is 10.7 Å². The summed E-state index contributed by atoms with van der Waals surface area (Å²) < 4.78 is 0. The number of aromatic nitrogens is 2. The number of nitrogens with one attached hydrogen (secondary N) is 1. The van der Waals surface area contributed by atoms with Gasteiger partial charge in [0.15, 0.2) is 0 Å². The summed E-state index contributed by atoms with van der Waals surface area (Å²) in [5.74, 6) is 0.944. The summed E-state index contributed by atoms with van der Waals surface area (Å²) in [5.41, 5.74) is 9.22. The molecule has 4 nitrogen and oxygen atoms in total. The molecule has 1 aromatic carbocycles. The molecule has 0 spiro atoms. The van der Waals surface area contributed by atoms with E-state index < -0.39 is 0 Å². The maximum atomic E-state index is 5.70. The Kier molecular flexibility index (Phi) is 4.16. The van der Waals surface area contributed by atoms with Gasteiger partial charge in [0.1, 0.15) is 5.82 Å². The SMILES string of the molecule is NCc1ccc(-c2nc3ccc(CN4CCCCC4)cc3[nH]2)s1. The van der Waals surface area contributed by atoms with E-state index in [-0.39, 0.29) is 0 Å². The first-order chi connectivity index (χ1) is 11.3. The predicted molar refractivity (Wildman–Crippen MR) is 96.4 cm³/mol. The Morgan fingerprint density at radius 1 is 1.13 bits per heavy atom. The van der Waals surface area contributed by atoms with E-state index in [4.69, 9.17) is 10.7 Å². The van der Waals surface area contributed by atoms with E-state index in [1.165, 1.54) is 42.8 Å². The third kappa shape index (κ3) is 3.17. The standard InChI is InChI=1S/C18H22N4S/c19-11-14-5-7-17(23-14)18-20-15-6-4-13(10-16(15)21-18)12-22-8-2-1-3-9-22/h4-7,10H,1-3,8-9,11-12,19H2,(H,20,21). The van der Waals surface area contributed by atoms with Crippen molar-refractivity contribution in [3.63, 3.8) is 0 Å². The van der Waals surface area contributed by atoms with E-state index in [9.17, 15) is 0 Å². The Labute approximate surface area is 140 Å². The number of hydrogen-bond donors (Lipinski definition) is 2. The third-order valence-electron chi connectivity index (χ3n) is 4.50. The lowest BCUT2D eigenvalue weighted by Crippen LogP contribution is -2.29. The van der Waals surface area contributed by atoms with Gasteiger partial charge in [0, 0.05) is 18.0 Å². The van der Waals surface area contributed by atoms with Crippen molar-refractivity contribution in [3.8, 4) is 10.7 Å². The minimum Gasteiger partial charge on any atom is -0.337 e. The van der Waals surface area contributed by atoms with Crippen molar-refractivity contribution in [3.05, 3.63) is 40.8 Å². The predicted octanol–water partition coefficient (Wildman–Crippen LogP) is 3.74. The molecule has 1 aliphatic heterocycles. The van der Waals surface area contributed by atoms with Gasteiger partial charge in [-0.3, -0.25) is 4.90 Å². The van der Waals surface area contributed by atoms with Crippen LogP contribution in [0, 0.1) is 0 Å². The first-order valence-corrected chi connectivity index (χ1v) is 9.13. The lowest BCUT2D eigenvalue weighted by molar-refractivity contribution is 0.221. The fourth-order valence-corrected chi connectivity index (χ4v) is 4.09. The smallest absolute Gasteiger partial charge is 0.148 e. The van der Waals surface area contributed by atoms with Crippen LogP contribution in [0.2, 0.25) is 0 Å². The van der Waals surface area contributed by atoms with Crippen molar-refractivity contribution in [2.75, 3.05) is 13.1 Å². The Balaban J connectivity index is 1.58. The number of rotatable bonds is 4. The van der Waals surface area contributed by atoms with E-state index >= 15 is 0 Å². The van der Waals surface area contributed by atoms with Crippen LogP contribution in [-0.2, 0) is 13.1 Å². The van der Waals surface area contributed by atoms with Crippen LogP contribution in [0.1, 0.15) is 29.7 Å². The molecule has 1 fully saturated rings. The summed E-state index contributed by atoms with van der Waals surface area (Å²) in [6.45, 7) is 4.08. The zero-order valence-corrected chi connectivity index (χ0v) is 14.0. The molecule has 3 N–H and O–H groups in total. The van der Waals surface area contributed by atoms with Crippen LogP contribution in [0.25, 0.3) is 21.7 Å². The van der Waals surface area contributed by atoms with E-state index in [1.54, 1.807) is 11.3 Å². The molecule has 23 heavy (non-hydrogen) atoms. The second-order valence-corrected chi connectivity index (χ2v) is 7.41. The molecule has 0 aliphatic carbocycles. The number of imidazole rings is 1. The van der Waals surface area contributed by atoms with Crippen LogP contribution in [0.15, 0.2) is 30.3 Å². The third-order valence-corrected chi connectivity index (χ3v) is 5.61. The molecule has 5 heteroatoms. The summed E-state index contributed by atoms with van der Waals surface area (Å²) in [6, 6.07) is 10.8. The summed E-state index contributed by atoms with van der Waals surface area (Å²) in [7, 11) is 0. The highest BCUT2D eigenvalue weighted by Gasteiger charge is 2.12. The molecule has 0 radical (unpaired) electrons. The van der Waals surface area contributed by atoms with Gasteiger partial charge in [-0.1, -0.05) is 12.5 Å². The zero-order chi connectivity index (χ0) is 15.6. The number of H-pyrrole nitrogens is 1. The van der Waals surface area contributed by atoms with Gasteiger partial charge >= 0.3 is 0 Å². The van der Waals surface area contributed by atoms with Gasteiger partial charge in [-0.25, -0.2) is 4.98 Å². The summed E-state index contributed by atoms with van der Waals surface area (Å²) in [5, 5.41) is 0. The molecule has 2 aromatic heterocycles. The fraction of sp³-hybridized carbons (Fsp3) is 0.389. The highest BCUT2D eigenvalue weighted by atomic mass is 32.1. The van der Waals surface area contributed by atoms with Gasteiger partial charge in [-0.05, 0) is 55.8 Å². The number of fused-ring (bicyclic) bond motifs is 1. The normalized spacial score (nSPS) is 16.2. The van der Waals surface area contributed by atoms with Crippen LogP contribution in [-0.4, -0.2) is 28.0 Å². The van der Waals surface area contributed by atoms with Crippen molar-refractivity contribution in [1.29, 1.82) is 0 Å². The Morgan fingerprint density at radius 3 is 2.78 bits per heavy atom. The largest absolute Gasteiger partial charge is 0.337 e. The summed E-state index contributed by atoms with van der Waals surface area (Å²) >= 11 is 1.71. The molecule has 0 atom stereocenters. The minimum atomic E-state index is 0.588. The number of thiophene rings is 1. The summed E-state index contributed by atoms with van der Waals surface area (Å²) in [6.07, 6.45) is 4.04. The van der Waals surface area contributed by atoms with Crippen LogP contribution < -0.4 is 5.73 Å². The Hall–Kier alpha value is -1.69. The van der Waals surface area contributed by atoms with Crippen molar-refractivity contribution in [2.24, 2.45) is 5.73 Å². The molecule has 0 saturated carbocycles. The number of nitrogens with zero attached hydrogens (tertiary/aromatic N) is 2. The second kappa shape index (κ2) is 6.43. The number of benzene rings is 1. The molecule has 4 rings (SSSR count). The molecule has 0 unspecified atom stereocenters. The monoisotopic (exact) mass is 326 g/mol. The molecule has 120 valence electrons. The van der Waals surface area contributed by atoms with Crippen LogP contribution in [0.4, 0.5) is 0 Å². The first-order valence-electron chi connectivity index (χ1n) is 8.32. The maximum absolute atomic E-state index is 5.70. The highest BCUT2D eigenvalue weighted by Crippen LogP contribution is 2.28. The maximum Gasteiger partial charge on any atom is 0.148 e.